The maximum atomic E-state index is 6.35. The number of likely N-dealkylation sites (N-methyl/N-ethyl adjacent to an activating group) is 1. The standard InChI is InChI=1S/C14H20ClN3S/c1-3-17-6-7-18(9-10(17)2)13-5-4-11(14(16)19)8-12(13)15/h4-5,8,10H,3,6-7,9H2,1-2H3,(H2,16,19). The molecule has 0 amide bonds. The van der Waals surface area contributed by atoms with Gasteiger partial charge in [0.2, 0.25) is 0 Å². The Kier molecular flexibility index (Phi) is 4.66. The molecule has 0 radical (unpaired) electrons. The number of nitrogens with two attached hydrogens (primary N) is 1. The Morgan fingerprint density at radius 3 is 2.74 bits per heavy atom. The van der Waals surface area contributed by atoms with Crippen molar-refractivity contribution in [1.29, 1.82) is 0 Å². The van der Waals surface area contributed by atoms with Gasteiger partial charge >= 0.3 is 0 Å². The van der Waals surface area contributed by atoms with Gasteiger partial charge in [-0.1, -0.05) is 30.7 Å². The van der Waals surface area contributed by atoms with Crippen molar-refractivity contribution in [2.45, 2.75) is 19.9 Å². The molecule has 1 aliphatic heterocycles. The van der Waals surface area contributed by atoms with Crippen LogP contribution in [0.4, 0.5) is 5.69 Å². The van der Waals surface area contributed by atoms with Crippen molar-refractivity contribution in [3.63, 3.8) is 0 Å². The maximum Gasteiger partial charge on any atom is 0.104 e. The summed E-state index contributed by atoms with van der Waals surface area (Å²) in [5.41, 5.74) is 7.52. The van der Waals surface area contributed by atoms with E-state index in [9.17, 15) is 0 Å². The minimum absolute atomic E-state index is 0.387. The molecule has 1 fully saturated rings. The first-order chi connectivity index (χ1) is 9.02. The lowest BCUT2D eigenvalue weighted by Gasteiger charge is -2.40. The van der Waals surface area contributed by atoms with Gasteiger partial charge in [0.1, 0.15) is 4.99 Å². The first kappa shape index (κ1) is 14.6. The normalized spacial score (nSPS) is 20.6. The summed E-state index contributed by atoms with van der Waals surface area (Å²) in [5, 5.41) is 0.724. The van der Waals surface area contributed by atoms with Crippen LogP contribution in [0.5, 0.6) is 0 Å². The molecule has 1 aromatic rings. The summed E-state index contributed by atoms with van der Waals surface area (Å²) in [4.78, 5) is 5.20. The molecule has 3 nitrogen and oxygen atoms in total. The zero-order chi connectivity index (χ0) is 14.0. The summed E-state index contributed by atoms with van der Waals surface area (Å²) in [6, 6.07) is 6.37. The van der Waals surface area contributed by atoms with Gasteiger partial charge < -0.3 is 10.6 Å². The molecule has 1 atom stereocenters. The van der Waals surface area contributed by atoms with Crippen molar-refractivity contribution in [1.82, 2.24) is 4.90 Å². The Balaban J connectivity index is 2.17. The van der Waals surface area contributed by atoms with Gasteiger partial charge in [0.25, 0.3) is 0 Å². The zero-order valence-electron chi connectivity index (χ0n) is 11.4. The van der Waals surface area contributed by atoms with Crippen LogP contribution in [0.25, 0.3) is 0 Å². The Morgan fingerprint density at radius 2 is 2.21 bits per heavy atom. The molecule has 1 unspecified atom stereocenters. The van der Waals surface area contributed by atoms with Crippen molar-refractivity contribution in [3.05, 3.63) is 28.8 Å². The molecule has 19 heavy (non-hydrogen) atoms. The largest absolute Gasteiger partial charge is 0.389 e. The van der Waals surface area contributed by atoms with Crippen LogP contribution in [0.3, 0.4) is 0 Å². The first-order valence-corrected chi connectivity index (χ1v) is 7.40. The fourth-order valence-electron chi connectivity index (χ4n) is 2.60. The lowest BCUT2D eigenvalue weighted by Crippen LogP contribution is -2.51. The van der Waals surface area contributed by atoms with Gasteiger partial charge in [-0.05, 0) is 31.7 Å². The smallest absolute Gasteiger partial charge is 0.104 e. The van der Waals surface area contributed by atoms with Gasteiger partial charge in [-0.15, -0.1) is 0 Å². The lowest BCUT2D eigenvalue weighted by atomic mass is 10.1. The van der Waals surface area contributed by atoms with E-state index in [1.807, 2.05) is 18.2 Å². The molecule has 0 spiro atoms. The Morgan fingerprint density at radius 1 is 1.47 bits per heavy atom. The van der Waals surface area contributed by atoms with Crippen molar-refractivity contribution >= 4 is 34.5 Å². The molecular formula is C14H20ClN3S. The highest BCUT2D eigenvalue weighted by Crippen LogP contribution is 2.28. The molecule has 104 valence electrons. The topological polar surface area (TPSA) is 32.5 Å². The van der Waals surface area contributed by atoms with E-state index < -0.39 is 0 Å². The predicted molar refractivity (Wildman–Crippen MR) is 86.3 cm³/mol. The van der Waals surface area contributed by atoms with Gasteiger partial charge in [0.05, 0.1) is 10.7 Å². The van der Waals surface area contributed by atoms with Crippen molar-refractivity contribution < 1.29 is 0 Å². The summed E-state index contributed by atoms with van der Waals surface area (Å²) in [6.07, 6.45) is 0. The average molecular weight is 298 g/mol. The van der Waals surface area contributed by atoms with Crippen molar-refractivity contribution in [3.8, 4) is 0 Å². The van der Waals surface area contributed by atoms with Crippen LogP contribution in [0.1, 0.15) is 19.4 Å². The molecule has 0 bridgehead atoms. The zero-order valence-corrected chi connectivity index (χ0v) is 13.0. The van der Waals surface area contributed by atoms with E-state index in [-0.39, 0.29) is 0 Å². The van der Waals surface area contributed by atoms with Gasteiger partial charge in [-0.2, -0.15) is 0 Å². The number of hydrogen-bond acceptors (Lipinski definition) is 3. The van der Waals surface area contributed by atoms with Crippen LogP contribution in [-0.4, -0.2) is 42.1 Å². The Bertz CT molecular complexity index is 478. The third kappa shape index (κ3) is 3.19. The third-order valence-corrected chi connectivity index (χ3v) is 4.28. The molecule has 1 heterocycles. The lowest BCUT2D eigenvalue weighted by molar-refractivity contribution is 0.199. The maximum absolute atomic E-state index is 6.35. The third-order valence-electron chi connectivity index (χ3n) is 3.74. The van der Waals surface area contributed by atoms with Crippen LogP contribution in [0, 0.1) is 0 Å². The van der Waals surface area contributed by atoms with E-state index >= 15 is 0 Å². The monoisotopic (exact) mass is 297 g/mol. The van der Waals surface area contributed by atoms with E-state index in [0.29, 0.717) is 11.0 Å². The molecule has 1 aliphatic rings. The average Bonchev–Trinajstić information content (AvgIpc) is 2.38. The number of thiocarbonyl (C=S) groups is 1. The summed E-state index contributed by atoms with van der Waals surface area (Å²) in [5.74, 6) is 0. The summed E-state index contributed by atoms with van der Waals surface area (Å²) in [6.45, 7) is 8.64. The second-order valence-corrected chi connectivity index (χ2v) is 5.80. The highest BCUT2D eigenvalue weighted by Gasteiger charge is 2.23. The highest BCUT2D eigenvalue weighted by molar-refractivity contribution is 7.80. The summed E-state index contributed by atoms with van der Waals surface area (Å²) < 4.78 is 0. The van der Waals surface area contributed by atoms with E-state index in [1.165, 1.54) is 0 Å². The first-order valence-electron chi connectivity index (χ1n) is 6.61. The minimum atomic E-state index is 0.387. The number of halogens is 1. The van der Waals surface area contributed by atoms with E-state index in [0.717, 1.165) is 42.5 Å². The number of piperazine rings is 1. The van der Waals surface area contributed by atoms with Crippen LogP contribution in [0.2, 0.25) is 5.02 Å². The van der Waals surface area contributed by atoms with Crippen LogP contribution in [0.15, 0.2) is 18.2 Å². The van der Waals surface area contributed by atoms with Gasteiger partial charge in [-0.3, -0.25) is 4.90 Å². The van der Waals surface area contributed by atoms with E-state index in [1.54, 1.807) is 0 Å². The van der Waals surface area contributed by atoms with Crippen molar-refractivity contribution in [2.24, 2.45) is 5.73 Å². The number of benzene rings is 1. The molecule has 2 rings (SSSR count). The second-order valence-electron chi connectivity index (χ2n) is 4.95. The number of hydrogen-bond donors (Lipinski definition) is 1. The predicted octanol–water partition coefficient (Wildman–Crippen LogP) is 2.50. The Hall–Kier alpha value is -0.840. The van der Waals surface area contributed by atoms with E-state index in [2.05, 4.69) is 23.6 Å². The quantitative estimate of drug-likeness (QED) is 0.869. The van der Waals surface area contributed by atoms with Crippen molar-refractivity contribution in [2.75, 3.05) is 31.1 Å². The molecule has 5 heteroatoms. The second kappa shape index (κ2) is 6.07. The number of nitrogens with zero attached hydrogens (tertiary/aromatic N) is 2. The van der Waals surface area contributed by atoms with Crippen LogP contribution < -0.4 is 10.6 Å². The summed E-state index contributed by atoms with van der Waals surface area (Å²) in [7, 11) is 0. The van der Waals surface area contributed by atoms with E-state index in [4.69, 9.17) is 29.6 Å². The SMILES string of the molecule is CCN1CCN(c2ccc(C(N)=S)cc2Cl)CC1C. The van der Waals surface area contributed by atoms with Gasteiger partial charge in [0, 0.05) is 31.2 Å². The number of rotatable bonds is 3. The van der Waals surface area contributed by atoms with Gasteiger partial charge in [-0.25, -0.2) is 0 Å². The molecule has 2 N–H and O–H groups in total. The van der Waals surface area contributed by atoms with Crippen LogP contribution >= 0.6 is 23.8 Å². The molecular weight excluding hydrogens is 278 g/mol. The van der Waals surface area contributed by atoms with Crippen LogP contribution in [-0.2, 0) is 0 Å². The molecule has 0 aliphatic carbocycles. The molecule has 1 aromatic carbocycles. The highest BCUT2D eigenvalue weighted by atomic mass is 35.5. The Labute approximate surface area is 125 Å². The van der Waals surface area contributed by atoms with Gasteiger partial charge in [0.15, 0.2) is 0 Å². The fourth-order valence-corrected chi connectivity index (χ4v) is 3.03. The molecule has 1 saturated heterocycles. The minimum Gasteiger partial charge on any atom is -0.389 e. The molecule has 0 aromatic heterocycles. The fraction of sp³-hybridized carbons (Fsp3) is 0.500. The summed E-state index contributed by atoms with van der Waals surface area (Å²) >= 11 is 11.3. The molecule has 0 saturated carbocycles. The number of anilines is 1.